The summed E-state index contributed by atoms with van der Waals surface area (Å²) in [4.78, 5) is 0. The van der Waals surface area contributed by atoms with Crippen LogP contribution in [0.1, 0.15) is 24.1 Å². The third-order valence-electron chi connectivity index (χ3n) is 3.74. The summed E-state index contributed by atoms with van der Waals surface area (Å²) in [5, 5.41) is 23.6. The lowest BCUT2D eigenvalue weighted by molar-refractivity contribution is 0.299. The normalized spacial score (nSPS) is 12.1. The molecule has 0 aliphatic rings. The summed E-state index contributed by atoms with van der Waals surface area (Å²) in [6.07, 6.45) is 2.26. The van der Waals surface area contributed by atoms with Crippen LogP contribution in [-0.2, 0) is 6.42 Å². The summed E-state index contributed by atoms with van der Waals surface area (Å²) in [6.45, 7) is 2.30. The lowest BCUT2D eigenvalue weighted by atomic mass is 10.1. The van der Waals surface area contributed by atoms with Crippen molar-refractivity contribution in [3.63, 3.8) is 0 Å². The van der Waals surface area contributed by atoms with Crippen molar-refractivity contribution >= 4 is 5.69 Å². The maximum absolute atomic E-state index is 8.94. The van der Waals surface area contributed by atoms with Crippen molar-refractivity contribution in [1.29, 1.82) is 0 Å². The lowest BCUT2D eigenvalue weighted by Crippen LogP contribution is -2.07. The number of rotatable bonds is 6. The van der Waals surface area contributed by atoms with Crippen molar-refractivity contribution in [3.05, 3.63) is 66.0 Å². The highest BCUT2D eigenvalue weighted by Crippen LogP contribution is 2.20. The second kappa shape index (κ2) is 7.02. The Kier molecular flexibility index (Phi) is 4.63. The fourth-order valence-corrected chi connectivity index (χ4v) is 2.43. The summed E-state index contributed by atoms with van der Waals surface area (Å²) in [6, 6.07) is 16.4. The molecule has 3 rings (SSSR count). The number of nitrogens with one attached hydrogen (secondary N) is 1. The number of aliphatic hydroxyl groups is 1. The van der Waals surface area contributed by atoms with Gasteiger partial charge in [-0.25, -0.2) is 4.68 Å². The van der Waals surface area contributed by atoms with E-state index in [0.29, 0.717) is 6.42 Å². The van der Waals surface area contributed by atoms with E-state index in [9.17, 15) is 0 Å². The van der Waals surface area contributed by atoms with Crippen LogP contribution >= 0.6 is 0 Å². The number of nitrogens with zero attached hydrogens (tertiary/aromatic N) is 4. The molecule has 0 amide bonds. The fraction of sp³-hybridized carbons (Fsp3) is 0.235. The number of aliphatic hydroxyl groups excluding tert-OH is 1. The Bertz CT molecular complexity index is 723. The van der Waals surface area contributed by atoms with Gasteiger partial charge in [0.25, 0.3) is 0 Å². The molecule has 0 saturated heterocycles. The average molecular weight is 309 g/mol. The van der Waals surface area contributed by atoms with E-state index in [2.05, 4.69) is 39.9 Å². The number of benzene rings is 2. The van der Waals surface area contributed by atoms with Gasteiger partial charge in [0.15, 0.2) is 0 Å². The predicted octanol–water partition coefficient (Wildman–Crippen LogP) is 2.37. The highest BCUT2D eigenvalue weighted by atomic mass is 16.2. The van der Waals surface area contributed by atoms with E-state index < -0.39 is 0 Å². The van der Waals surface area contributed by atoms with Crippen LogP contribution < -0.4 is 5.32 Å². The number of tetrazole rings is 1. The van der Waals surface area contributed by atoms with Gasteiger partial charge < -0.3 is 10.4 Å². The Hall–Kier alpha value is -2.73. The van der Waals surface area contributed by atoms with E-state index in [-0.39, 0.29) is 12.6 Å². The second-order valence-corrected chi connectivity index (χ2v) is 5.38. The first kappa shape index (κ1) is 15.2. The molecule has 6 nitrogen and oxygen atoms in total. The minimum absolute atomic E-state index is 0.177. The standard InChI is InChI=1S/C17H19N5O/c1-13(19-16-6-2-14(3-7-16)10-11-23)15-4-8-17(9-5-15)22-12-18-20-21-22/h2-9,12-13,19,23H,10-11H2,1H3. The Morgan fingerprint density at radius 2 is 1.83 bits per heavy atom. The number of anilines is 1. The zero-order chi connectivity index (χ0) is 16.1. The largest absolute Gasteiger partial charge is 0.396 e. The lowest BCUT2D eigenvalue weighted by Gasteiger charge is -2.16. The third kappa shape index (κ3) is 3.73. The first-order chi connectivity index (χ1) is 11.3. The van der Waals surface area contributed by atoms with Gasteiger partial charge in [0.2, 0.25) is 0 Å². The Morgan fingerprint density at radius 3 is 2.43 bits per heavy atom. The van der Waals surface area contributed by atoms with Crippen molar-refractivity contribution in [2.75, 3.05) is 11.9 Å². The zero-order valence-corrected chi connectivity index (χ0v) is 12.9. The van der Waals surface area contributed by atoms with Gasteiger partial charge in [0.05, 0.1) is 5.69 Å². The van der Waals surface area contributed by atoms with E-state index in [1.807, 2.05) is 36.4 Å². The average Bonchev–Trinajstić information content (AvgIpc) is 3.11. The first-order valence-corrected chi connectivity index (χ1v) is 7.56. The molecule has 0 radical (unpaired) electrons. The molecule has 3 aromatic rings. The maximum Gasteiger partial charge on any atom is 0.143 e. The number of aromatic nitrogens is 4. The van der Waals surface area contributed by atoms with Crippen molar-refractivity contribution in [1.82, 2.24) is 20.2 Å². The molecule has 0 bridgehead atoms. The van der Waals surface area contributed by atoms with Crippen LogP contribution in [0, 0.1) is 0 Å². The highest BCUT2D eigenvalue weighted by Gasteiger charge is 2.06. The van der Waals surface area contributed by atoms with Crippen LogP contribution in [0.4, 0.5) is 5.69 Å². The summed E-state index contributed by atoms with van der Waals surface area (Å²) >= 11 is 0. The molecule has 6 heteroatoms. The Balaban J connectivity index is 1.66. The van der Waals surface area contributed by atoms with E-state index in [1.54, 1.807) is 11.0 Å². The van der Waals surface area contributed by atoms with Gasteiger partial charge in [-0.1, -0.05) is 24.3 Å². The van der Waals surface area contributed by atoms with Gasteiger partial charge in [0, 0.05) is 18.3 Å². The van der Waals surface area contributed by atoms with Crippen LogP contribution in [0.5, 0.6) is 0 Å². The molecule has 0 fully saturated rings. The van der Waals surface area contributed by atoms with E-state index in [1.165, 1.54) is 5.56 Å². The summed E-state index contributed by atoms with van der Waals surface area (Å²) in [5.41, 5.74) is 4.31. The number of hydrogen-bond acceptors (Lipinski definition) is 5. The maximum atomic E-state index is 8.94. The van der Waals surface area contributed by atoms with Crippen molar-refractivity contribution < 1.29 is 5.11 Å². The molecule has 1 unspecified atom stereocenters. The molecular weight excluding hydrogens is 290 g/mol. The summed E-state index contributed by atoms with van der Waals surface area (Å²) < 4.78 is 1.63. The minimum atomic E-state index is 0.177. The first-order valence-electron chi connectivity index (χ1n) is 7.56. The SMILES string of the molecule is CC(Nc1ccc(CCO)cc1)c1ccc(-n2cnnn2)cc1. The quantitative estimate of drug-likeness (QED) is 0.731. The van der Waals surface area contributed by atoms with Crippen LogP contribution in [0.2, 0.25) is 0 Å². The van der Waals surface area contributed by atoms with Gasteiger partial charge in [-0.3, -0.25) is 0 Å². The Labute approximate surface area is 134 Å². The molecule has 0 aliphatic heterocycles. The van der Waals surface area contributed by atoms with E-state index in [4.69, 9.17) is 5.11 Å². The van der Waals surface area contributed by atoms with Crippen molar-refractivity contribution in [2.24, 2.45) is 0 Å². The van der Waals surface area contributed by atoms with Crippen LogP contribution in [0.15, 0.2) is 54.9 Å². The molecule has 2 aromatic carbocycles. The monoisotopic (exact) mass is 309 g/mol. The molecule has 118 valence electrons. The van der Waals surface area contributed by atoms with Gasteiger partial charge in [-0.2, -0.15) is 0 Å². The van der Waals surface area contributed by atoms with Crippen molar-refractivity contribution in [3.8, 4) is 5.69 Å². The fourth-order valence-electron chi connectivity index (χ4n) is 2.43. The molecule has 1 atom stereocenters. The minimum Gasteiger partial charge on any atom is -0.396 e. The van der Waals surface area contributed by atoms with Gasteiger partial charge >= 0.3 is 0 Å². The molecule has 2 N–H and O–H groups in total. The van der Waals surface area contributed by atoms with Gasteiger partial charge in [-0.15, -0.1) is 5.10 Å². The highest BCUT2D eigenvalue weighted by molar-refractivity contribution is 5.47. The summed E-state index contributed by atoms with van der Waals surface area (Å²) in [5.74, 6) is 0. The molecular formula is C17H19N5O. The molecule has 0 saturated carbocycles. The second-order valence-electron chi connectivity index (χ2n) is 5.38. The molecule has 1 aromatic heterocycles. The Morgan fingerprint density at radius 1 is 1.09 bits per heavy atom. The molecule has 23 heavy (non-hydrogen) atoms. The van der Waals surface area contributed by atoms with Crippen molar-refractivity contribution in [2.45, 2.75) is 19.4 Å². The van der Waals surface area contributed by atoms with Gasteiger partial charge in [0.1, 0.15) is 6.33 Å². The topological polar surface area (TPSA) is 75.9 Å². The van der Waals surface area contributed by atoms with E-state index >= 15 is 0 Å². The van der Waals surface area contributed by atoms with Crippen LogP contribution in [0.3, 0.4) is 0 Å². The third-order valence-corrected chi connectivity index (χ3v) is 3.74. The molecule has 1 heterocycles. The van der Waals surface area contributed by atoms with Gasteiger partial charge in [-0.05, 0) is 59.2 Å². The smallest absolute Gasteiger partial charge is 0.143 e. The molecule has 0 aliphatic carbocycles. The zero-order valence-electron chi connectivity index (χ0n) is 12.9. The summed E-state index contributed by atoms with van der Waals surface area (Å²) in [7, 11) is 0. The van der Waals surface area contributed by atoms with Crippen LogP contribution in [0.25, 0.3) is 5.69 Å². The molecule has 0 spiro atoms. The number of hydrogen-bond donors (Lipinski definition) is 2. The van der Waals surface area contributed by atoms with Crippen LogP contribution in [-0.4, -0.2) is 31.9 Å². The van der Waals surface area contributed by atoms with E-state index in [0.717, 1.165) is 16.9 Å². The predicted molar refractivity (Wildman–Crippen MR) is 88.4 cm³/mol.